The Bertz CT molecular complexity index is 1200. The van der Waals surface area contributed by atoms with Crippen LogP contribution in [-0.4, -0.2) is 37.3 Å². The van der Waals surface area contributed by atoms with E-state index in [4.69, 9.17) is 4.74 Å². The van der Waals surface area contributed by atoms with Gasteiger partial charge in [-0.2, -0.15) is 5.10 Å². The van der Waals surface area contributed by atoms with Crippen LogP contribution in [0.1, 0.15) is 38.1 Å². The van der Waals surface area contributed by atoms with Crippen LogP contribution in [0.25, 0.3) is 10.9 Å². The number of carbonyl (C=O) groups excluding carboxylic acids is 1. The second-order valence-electron chi connectivity index (χ2n) is 7.43. The van der Waals surface area contributed by atoms with Gasteiger partial charge in [-0.3, -0.25) is 15.0 Å². The SMILES string of the molecule is CCNCc1cc(Oc2ccc3c(ccn3C(=O)Nc3cc(C(C)C)[nH]n3)c2)ncn1. The number of ether oxygens (including phenoxy) is 1. The zero-order valence-electron chi connectivity index (χ0n) is 17.7. The lowest BCUT2D eigenvalue weighted by Gasteiger charge is -2.08. The van der Waals surface area contributed by atoms with Gasteiger partial charge in [0.05, 0.1) is 11.2 Å². The van der Waals surface area contributed by atoms with Gasteiger partial charge in [0.25, 0.3) is 0 Å². The Morgan fingerprint density at radius 3 is 2.84 bits per heavy atom. The van der Waals surface area contributed by atoms with Crippen LogP contribution in [0.5, 0.6) is 11.6 Å². The summed E-state index contributed by atoms with van der Waals surface area (Å²) in [6.07, 6.45) is 3.21. The van der Waals surface area contributed by atoms with Crippen LogP contribution in [-0.2, 0) is 6.54 Å². The number of hydrogen-bond donors (Lipinski definition) is 3. The van der Waals surface area contributed by atoms with Crippen LogP contribution in [0.3, 0.4) is 0 Å². The average Bonchev–Trinajstić information content (AvgIpc) is 3.39. The van der Waals surface area contributed by atoms with Gasteiger partial charge in [-0.25, -0.2) is 14.8 Å². The van der Waals surface area contributed by atoms with Gasteiger partial charge in [0, 0.05) is 36.0 Å². The molecule has 0 unspecified atom stereocenters. The molecule has 3 heterocycles. The maximum Gasteiger partial charge on any atom is 0.331 e. The van der Waals surface area contributed by atoms with E-state index in [1.54, 1.807) is 16.8 Å². The predicted octanol–water partition coefficient (Wildman–Crippen LogP) is 4.26. The molecule has 9 heteroatoms. The maximum atomic E-state index is 12.7. The summed E-state index contributed by atoms with van der Waals surface area (Å²) in [5, 5.41) is 14.0. The van der Waals surface area contributed by atoms with Gasteiger partial charge in [0.15, 0.2) is 5.82 Å². The number of nitrogens with zero attached hydrogens (tertiary/aromatic N) is 4. The third kappa shape index (κ3) is 4.72. The van der Waals surface area contributed by atoms with E-state index in [2.05, 4.69) is 44.6 Å². The molecular formula is C22H25N7O2. The molecule has 0 bridgehead atoms. The van der Waals surface area contributed by atoms with Gasteiger partial charge < -0.3 is 10.1 Å². The van der Waals surface area contributed by atoms with E-state index in [-0.39, 0.29) is 6.03 Å². The fourth-order valence-electron chi connectivity index (χ4n) is 3.13. The minimum absolute atomic E-state index is 0.283. The molecule has 0 fully saturated rings. The molecular weight excluding hydrogens is 394 g/mol. The van der Waals surface area contributed by atoms with E-state index < -0.39 is 0 Å². The number of H-pyrrole nitrogens is 1. The topological polar surface area (TPSA) is 110 Å². The summed E-state index contributed by atoms with van der Waals surface area (Å²) in [6.45, 7) is 7.67. The number of amides is 1. The highest BCUT2D eigenvalue weighted by Gasteiger charge is 2.13. The van der Waals surface area contributed by atoms with Crippen LogP contribution in [0.2, 0.25) is 0 Å². The smallest absolute Gasteiger partial charge is 0.331 e. The van der Waals surface area contributed by atoms with Crippen molar-refractivity contribution < 1.29 is 9.53 Å². The fourth-order valence-corrected chi connectivity index (χ4v) is 3.13. The number of carbonyl (C=O) groups is 1. The largest absolute Gasteiger partial charge is 0.439 e. The first-order valence-corrected chi connectivity index (χ1v) is 10.2. The third-order valence-corrected chi connectivity index (χ3v) is 4.81. The van der Waals surface area contributed by atoms with E-state index in [1.807, 2.05) is 37.3 Å². The lowest BCUT2D eigenvalue weighted by atomic mass is 10.1. The summed E-state index contributed by atoms with van der Waals surface area (Å²) in [5.41, 5.74) is 2.59. The minimum atomic E-state index is -0.283. The lowest BCUT2D eigenvalue weighted by molar-refractivity contribution is 0.254. The van der Waals surface area contributed by atoms with Crippen molar-refractivity contribution in [3.8, 4) is 11.6 Å². The Hall–Kier alpha value is -3.72. The van der Waals surface area contributed by atoms with Crippen LogP contribution in [0.4, 0.5) is 10.6 Å². The molecule has 160 valence electrons. The highest BCUT2D eigenvalue weighted by molar-refractivity contribution is 5.98. The predicted molar refractivity (Wildman–Crippen MR) is 119 cm³/mol. The maximum absolute atomic E-state index is 12.7. The Morgan fingerprint density at radius 2 is 2.06 bits per heavy atom. The van der Waals surface area contributed by atoms with Crippen molar-refractivity contribution >= 4 is 22.8 Å². The van der Waals surface area contributed by atoms with E-state index in [1.165, 1.54) is 6.33 Å². The normalized spacial score (nSPS) is 11.2. The van der Waals surface area contributed by atoms with Crippen molar-refractivity contribution in [1.29, 1.82) is 0 Å². The van der Waals surface area contributed by atoms with Crippen LogP contribution in [0, 0.1) is 0 Å². The second-order valence-corrected chi connectivity index (χ2v) is 7.43. The van der Waals surface area contributed by atoms with Gasteiger partial charge in [0.2, 0.25) is 5.88 Å². The van der Waals surface area contributed by atoms with Crippen molar-refractivity contribution in [3.63, 3.8) is 0 Å². The van der Waals surface area contributed by atoms with Gasteiger partial charge in [-0.15, -0.1) is 0 Å². The Morgan fingerprint density at radius 1 is 1.19 bits per heavy atom. The summed E-state index contributed by atoms with van der Waals surface area (Å²) in [6, 6.07) is 10.7. The second kappa shape index (κ2) is 8.97. The molecule has 1 amide bonds. The molecule has 0 aliphatic rings. The first-order valence-electron chi connectivity index (χ1n) is 10.2. The highest BCUT2D eigenvalue weighted by atomic mass is 16.5. The number of nitrogens with one attached hydrogen (secondary N) is 3. The Labute approximate surface area is 179 Å². The number of anilines is 1. The lowest BCUT2D eigenvalue weighted by Crippen LogP contribution is -2.18. The van der Waals surface area contributed by atoms with E-state index in [9.17, 15) is 4.79 Å². The summed E-state index contributed by atoms with van der Waals surface area (Å²) in [7, 11) is 0. The molecule has 31 heavy (non-hydrogen) atoms. The first kappa shape index (κ1) is 20.5. The van der Waals surface area contributed by atoms with Crippen LogP contribution < -0.4 is 15.4 Å². The molecule has 0 radical (unpaired) electrons. The summed E-state index contributed by atoms with van der Waals surface area (Å²) >= 11 is 0. The van der Waals surface area contributed by atoms with Gasteiger partial charge >= 0.3 is 6.03 Å². The summed E-state index contributed by atoms with van der Waals surface area (Å²) in [4.78, 5) is 21.1. The van der Waals surface area contributed by atoms with Crippen LogP contribution >= 0.6 is 0 Å². The van der Waals surface area contributed by atoms with E-state index in [0.29, 0.717) is 29.9 Å². The molecule has 9 nitrogen and oxygen atoms in total. The zero-order chi connectivity index (χ0) is 21.8. The molecule has 1 aromatic carbocycles. The van der Waals surface area contributed by atoms with Crippen molar-refractivity contribution in [3.05, 3.63) is 60.3 Å². The van der Waals surface area contributed by atoms with Gasteiger partial charge in [-0.05, 0) is 36.7 Å². The molecule has 0 saturated carbocycles. The summed E-state index contributed by atoms with van der Waals surface area (Å²) < 4.78 is 7.44. The van der Waals surface area contributed by atoms with Gasteiger partial charge in [-0.1, -0.05) is 20.8 Å². The molecule has 0 aliphatic heterocycles. The highest BCUT2D eigenvalue weighted by Crippen LogP contribution is 2.26. The average molecular weight is 419 g/mol. The Kier molecular flexibility index (Phi) is 5.94. The number of aromatic amines is 1. The third-order valence-electron chi connectivity index (χ3n) is 4.81. The molecule has 0 saturated heterocycles. The van der Waals surface area contributed by atoms with E-state index in [0.717, 1.165) is 28.8 Å². The van der Waals surface area contributed by atoms with Crippen molar-refractivity contribution in [1.82, 2.24) is 30.0 Å². The molecule has 0 spiro atoms. The molecule has 3 aromatic heterocycles. The number of fused-ring (bicyclic) bond motifs is 1. The molecule has 3 N–H and O–H groups in total. The summed E-state index contributed by atoms with van der Waals surface area (Å²) in [5.74, 6) is 1.90. The van der Waals surface area contributed by atoms with Gasteiger partial charge in [0.1, 0.15) is 12.1 Å². The van der Waals surface area contributed by atoms with Crippen molar-refractivity contribution in [2.45, 2.75) is 33.2 Å². The first-order chi connectivity index (χ1) is 15.0. The van der Waals surface area contributed by atoms with E-state index >= 15 is 0 Å². The Balaban J connectivity index is 1.49. The zero-order valence-corrected chi connectivity index (χ0v) is 17.7. The molecule has 4 rings (SSSR count). The monoisotopic (exact) mass is 419 g/mol. The molecule has 0 aliphatic carbocycles. The fraction of sp³-hybridized carbons (Fsp3) is 0.273. The minimum Gasteiger partial charge on any atom is -0.439 e. The number of aromatic nitrogens is 5. The van der Waals surface area contributed by atoms with Crippen molar-refractivity contribution in [2.75, 3.05) is 11.9 Å². The quantitative estimate of drug-likeness (QED) is 0.413. The number of rotatable bonds is 7. The van der Waals surface area contributed by atoms with Crippen LogP contribution in [0.15, 0.2) is 48.9 Å². The number of hydrogen-bond acceptors (Lipinski definition) is 6. The number of benzene rings is 1. The molecule has 4 aromatic rings. The molecule has 0 atom stereocenters. The van der Waals surface area contributed by atoms with Crippen molar-refractivity contribution in [2.24, 2.45) is 0 Å². The standard InChI is InChI=1S/C22H25N7O2/c1-4-23-12-16-10-21(25-13-24-16)31-17-5-6-19-15(9-17)7-8-29(19)22(30)26-20-11-18(14(2)3)27-28-20/h5-11,13-14,23H,4,12H2,1-3H3,(H2,26,27,28,30).